The molecule has 0 fully saturated rings. The minimum absolute atomic E-state index is 0.101. The standard InChI is InChI=1S/C12H16F2N2O2/c1-7(16-8(2)11(15)17)9-3-5-10(6-4-9)18-12(13)14/h3-8,12,16H,1-2H3,(H2,15,17). The predicted octanol–water partition coefficient (Wildman–Crippen LogP) is 1.81. The summed E-state index contributed by atoms with van der Waals surface area (Å²) in [5.41, 5.74) is 5.99. The number of alkyl halides is 2. The molecule has 4 nitrogen and oxygen atoms in total. The van der Waals surface area contributed by atoms with Crippen molar-refractivity contribution in [1.82, 2.24) is 5.32 Å². The van der Waals surface area contributed by atoms with Gasteiger partial charge in [0.25, 0.3) is 0 Å². The van der Waals surface area contributed by atoms with Crippen LogP contribution in [0.3, 0.4) is 0 Å². The first-order chi connectivity index (χ1) is 8.40. The molecule has 0 radical (unpaired) electrons. The fourth-order valence-corrected chi connectivity index (χ4v) is 1.49. The van der Waals surface area contributed by atoms with Crippen molar-refractivity contribution in [3.8, 4) is 5.75 Å². The monoisotopic (exact) mass is 258 g/mol. The van der Waals surface area contributed by atoms with E-state index in [1.807, 2.05) is 6.92 Å². The van der Waals surface area contributed by atoms with E-state index < -0.39 is 18.6 Å². The highest BCUT2D eigenvalue weighted by atomic mass is 19.3. The smallest absolute Gasteiger partial charge is 0.387 e. The lowest BCUT2D eigenvalue weighted by Gasteiger charge is -2.18. The molecule has 18 heavy (non-hydrogen) atoms. The second kappa shape index (κ2) is 6.30. The number of amides is 1. The van der Waals surface area contributed by atoms with Gasteiger partial charge < -0.3 is 10.5 Å². The Bertz CT molecular complexity index is 396. The van der Waals surface area contributed by atoms with Crippen LogP contribution in [-0.4, -0.2) is 18.6 Å². The van der Waals surface area contributed by atoms with Crippen LogP contribution in [0.25, 0.3) is 0 Å². The van der Waals surface area contributed by atoms with E-state index in [9.17, 15) is 13.6 Å². The Hall–Kier alpha value is -1.69. The molecule has 1 aromatic carbocycles. The van der Waals surface area contributed by atoms with Crippen LogP contribution in [0.2, 0.25) is 0 Å². The summed E-state index contributed by atoms with van der Waals surface area (Å²) in [4.78, 5) is 10.9. The SMILES string of the molecule is CC(NC(C)c1ccc(OC(F)F)cc1)C(N)=O. The van der Waals surface area contributed by atoms with Gasteiger partial charge in [0.1, 0.15) is 5.75 Å². The number of nitrogens with one attached hydrogen (secondary N) is 1. The number of carbonyl (C=O) groups excluding carboxylic acids is 1. The van der Waals surface area contributed by atoms with E-state index in [1.54, 1.807) is 19.1 Å². The first-order valence-electron chi connectivity index (χ1n) is 5.50. The van der Waals surface area contributed by atoms with Crippen LogP contribution in [0.15, 0.2) is 24.3 Å². The van der Waals surface area contributed by atoms with Crippen molar-refractivity contribution in [2.45, 2.75) is 32.5 Å². The number of ether oxygens (including phenoxy) is 1. The number of nitrogens with two attached hydrogens (primary N) is 1. The first kappa shape index (κ1) is 14.4. The number of hydrogen-bond donors (Lipinski definition) is 2. The van der Waals surface area contributed by atoms with Crippen LogP contribution in [0.5, 0.6) is 5.75 Å². The second-order valence-electron chi connectivity index (χ2n) is 3.96. The van der Waals surface area contributed by atoms with Crippen LogP contribution in [0.1, 0.15) is 25.5 Å². The molecular weight excluding hydrogens is 242 g/mol. The molecule has 0 saturated carbocycles. The Morgan fingerprint density at radius 3 is 2.28 bits per heavy atom. The van der Waals surface area contributed by atoms with Gasteiger partial charge in [-0.15, -0.1) is 0 Å². The number of carbonyl (C=O) groups is 1. The van der Waals surface area contributed by atoms with E-state index in [4.69, 9.17) is 5.73 Å². The Balaban J connectivity index is 2.64. The van der Waals surface area contributed by atoms with Crippen molar-refractivity contribution in [2.75, 3.05) is 0 Å². The molecule has 0 aliphatic carbocycles. The maximum Gasteiger partial charge on any atom is 0.387 e. The van der Waals surface area contributed by atoms with Gasteiger partial charge in [-0.25, -0.2) is 0 Å². The topological polar surface area (TPSA) is 64.3 Å². The van der Waals surface area contributed by atoms with E-state index in [2.05, 4.69) is 10.1 Å². The molecule has 0 heterocycles. The van der Waals surface area contributed by atoms with Crippen molar-refractivity contribution in [3.63, 3.8) is 0 Å². The van der Waals surface area contributed by atoms with Crippen LogP contribution < -0.4 is 15.8 Å². The average molecular weight is 258 g/mol. The largest absolute Gasteiger partial charge is 0.435 e. The predicted molar refractivity (Wildman–Crippen MR) is 63.3 cm³/mol. The molecule has 0 aliphatic rings. The summed E-state index contributed by atoms with van der Waals surface area (Å²) in [7, 11) is 0. The molecule has 6 heteroatoms. The van der Waals surface area contributed by atoms with Gasteiger partial charge in [-0.1, -0.05) is 12.1 Å². The Morgan fingerprint density at radius 1 is 1.28 bits per heavy atom. The van der Waals surface area contributed by atoms with E-state index in [0.29, 0.717) is 0 Å². The van der Waals surface area contributed by atoms with E-state index in [0.717, 1.165) is 5.56 Å². The summed E-state index contributed by atoms with van der Waals surface area (Å²) in [5.74, 6) is -0.344. The molecule has 0 aromatic heterocycles. The van der Waals surface area contributed by atoms with Crippen molar-refractivity contribution in [3.05, 3.63) is 29.8 Å². The van der Waals surface area contributed by atoms with Crippen LogP contribution in [0.4, 0.5) is 8.78 Å². The maximum atomic E-state index is 12.0. The van der Waals surface area contributed by atoms with Crippen molar-refractivity contribution >= 4 is 5.91 Å². The maximum absolute atomic E-state index is 12.0. The third kappa shape index (κ3) is 4.29. The minimum atomic E-state index is -2.83. The summed E-state index contributed by atoms with van der Waals surface area (Å²) in [6, 6.07) is 5.64. The highest BCUT2D eigenvalue weighted by Gasteiger charge is 2.13. The Morgan fingerprint density at radius 2 is 1.83 bits per heavy atom. The van der Waals surface area contributed by atoms with Crippen LogP contribution in [-0.2, 0) is 4.79 Å². The molecule has 0 bridgehead atoms. The lowest BCUT2D eigenvalue weighted by molar-refractivity contribution is -0.119. The first-order valence-corrected chi connectivity index (χ1v) is 5.50. The second-order valence-corrected chi connectivity index (χ2v) is 3.96. The molecule has 0 aliphatic heterocycles. The van der Waals surface area contributed by atoms with Crippen LogP contribution >= 0.6 is 0 Å². The fourth-order valence-electron chi connectivity index (χ4n) is 1.49. The number of benzene rings is 1. The van der Waals surface area contributed by atoms with E-state index >= 15 is 0 Å². The zero-order valence-electron chi connectivity index (χ0n) is 10.2. The highest BCUT2D eigenvalue weighted by molar-refractivity contribution is 5.79. The fraction of sp³-hybridized carbons (Fsp3) is 0.417. The lowest BCUT2D eigenvalue weighted by Crippen LogP contribution is -2.39. The Kier molecular flexibility index (Phi) is 5.03. The molecule has 1 aromatic rings. The van der Waals surface area contributed by atoms with Gasteiger partial charge >= 0.3 is 6.61 Å². The summed E-state index contributed by atoms with van der Waals surface area (Å²) >= 11 is 0. The zero-order valence-corrected chi connectivity index (χ0v) is 10.2. The molecule has 0 spiro atoms. The summed E-state index contributed by atoms with van der Waals surface area (Å²) in [6.07, 6.45) is 0. The normalized spacial score (nSPS) is 14.3. The number of primary amides is 1. The van der Waals surface area contributed by atoms with Gasteiger partial charge in [0.2, 0.25) is 5.91 Å². The summed E-state index contributed by atoms with van der Waals surface area (Å²) < 4.78 is 28.1. The number of halogens is 2. The van der Waals surface area contributed by atoms with Crippen molar-refractivity contribution < 1.29 is 18.3 Å². The van der Waals surface area contributed by atoms with Gasteiger partial charge in [0.05, 0.1) is 6.04 Å². The molecule has 0 saturated heterocycles. The van der Waals surface area contributed by atoms with E-state index in [-0.39, 0.29) is 11.8 Å². The molecule has 2 atom stereocenters. The van der Waals surface area contributed by atoms with Gasteiger partial charge in [0, 0.05) is 6.04 Å². The number of hydrogen-bond acceptors (Lipinski definition) is 3. The highest BCUT2D eigenvalue weighted by Crippen LogP contribution is 2.19. The average Bonchev–Trinajstić information content (AvgIpc) is 2.28. The zero-order chi connectivity index (χ0) is 13.7. The summed E-state index contributed by atoms with van der Waals surface area (Å²) in [6.45, 7) is 0.677. The quantitative estimate of drug-likeness (QED) is 0.818. The third-order valence-corrected chi connectivity index (χ3v) is 2.53. The third-order valence-electron chi connectivity index (χ3n) is 2.53. The van der Waals surface area contributed by atoms with Gasteiger partial charge in [-0.3, -0.25) is 10.1 Å². The van der Waals surface area contributed by atoms with Gasteiger partial charge in [-0.05, 0) is 31.5 Å². The number of rotatable bonds is 6. The van der Waals surface area contributed by atoms with E-state index in [1.165, 1.54) is 12.1 Å². The molecular formula is C12H16F2N2O2. The molecule has 2 unspecified atom stereocenters. The lowest BCUT2D eigenvalue weighted by atomic mass is 10.1. The van der Waals surface area contributed by atoms with Crippen molar-refractivity contribution in [1.29, 1.82) is 0 Å². The molecule has 3 N–H and O–H groups in total. The summed E-state index contributed by atoms with van der Waals surface area (Å²) in [5, 5.41) is 2.99. The molecule has 100 valence electrons. The van der Waals surface area contributed by atoms with Gasteiger partial charge in [0.15, 0.2) is 0 Å². The van der Waals surface area contributed by atoms with Gasteiger partial charge in [-0.2, -0.15) is 8.78 Å². The van der Waals surface area contributed by atoms with Crippen molar-refractivity contribution in [2.24, 2.45) is 5.73 Å². The van der Waals surface area contributed by atoms with Crippen LogP contribution in [0, 0.1) is 0 Å². The Labute approximate surface area is 104 Å². The molecule has 1 amide bonds. The molecule has 1 rings (SSSR count). The minimum Gasteiger partial charge on any atom is -0.435 e.